The summed E-state index contributed by atoms with van der Waals surface area (Å²) in [5, 5.41) is 10.9. The van der Waals surface area contributed by atoms with Gasteiger partial charge in [-0.1, -0.05) is 63.5 Å². The van der Waals surface area contributed by atoms with E-state index in [4.69, 9.17) is 4.74 Å². The van der Waals surface area contributed by atoms with Gasteiger partial charge < -0.3 is 19.7 Å². The molecule has 2 aliphatic rings. The Balaban J connectivity index is 0.000000202. The molecule has 5 rings (SSSR count). The summed E-state index contributed by atoms with van der Waals surface area (Å²) in [5.74, 6) is 0.161. The summed E-state index contributed by atoms with van der Waals surface area (Å²) < 4.78 is 5.26. The Morgan fingerprint density at radius 1 is 1.10 bits per heavy atom. The minimum atomic E-state index is -0.442. The highest BCUT2D eigenvalue weighted by atomic mass is 16.5. The van der Waals surface area contributed by atoms with Crippen LogP contribution >= 0.6 is 0 Å². The van der Waals surface area contributed by atoms with Gasteiger partial charge in [-0.3, -0.25) is 9.69 Å². The fourth-order valence-electron chi connectivity index (χ4n) is 6.19. The normalized spacial score (nSPS) is 18.4. The number of ether oxygens (including phenoxy) is 1. The first-order chi connectivity index (χ1) is 20.3. The topological polar surface area (TPSA) is 85.9 Å². The number of aromatic amines is 1. The molecule has 1 aliphatic heterocycles. The number of unbranched alkanes of at least 4 members (excludes halogenated alkanes) is 1. The van der Waals surface area contributed by atoms with E-state index >= 15 is 0 Å². The van der Waals surface area contributed by atoms with Crippen LogP contribution in [0.2, 0.25) is 0 Å². The molecule has 2 heterocycles. The maximum Gasteiger partial charge on any atom is 0.341 e. The van der Waals surface area contributed by atoms with E-state index in [-0.39, 0.29) is 23.1 Å². The number of carbonyl (C=O) groups excluding carboxylic acids is 2. The van der Waals surface area contributed by atoms with Gasteiger partial charge in [0.05, 0.1) is 12.5 Å². The number of hydrogen-bond acceptors (Lipinski definition) is 5. The van der Waals surface area contributed by atoms with Gasteiger partial charge in [-0.25, -0.2) is 4.79 Å². The third kappa shape index (κ3) is 6.89. The number of benzene rings is 2. The number of aromatic nitrogens is 1. The van der Waals surface area contributed by atoms with Gasteiger partial charge in [0.25, 0.3) is 0 Å². The molecule has 7 heteroatoms. The molecule has 3 aromatic rings. The summed E-state index contributed by atoms with van der Waals surface area (Å²) in [6.07, 6.45) is 9.82. The van der Waals surface area contributed by atoms with Gasteiger partial charge in [-0.2, -0.15) is 0 Å². The largest absolute Gasteiger partial charge is 0.507 e. The van der Waals surface area contributed by atoms with Gasteiger partial charge in [-0.05, 0) is 74.6 Å². The summed E-state index contributed by atoms with van der Waals surface area (Å²) in [5.41, 5.74) is 5.45. The van der Waals surface area contributed by atoms with E-state index in [1.165, 1.54) is 33.7 Å². The second-order valence-corrected chi connectivity index (χ2v) is 11.5. The molecule has 1 amide bonds. The zero-order chi connectivity index (χ0) is 30.2. The molecular formula is C35H47N3O4. The van der Waals surface area contributed by atoms with Gasteiger partial charge in [-0.15, -0.1) is 0 Å². The summed E-state index contributed by atoms with van der Waals surface area (Å²) in [4.78, 5) is 32.3. The number of nitrogens with one attached hydrogen (secondary N) is 1. The summed E-state index contributed by atoms with van der Waals surface area (Å²) >= 11 is 0. The monoisotopic (exact) mass is 573 g/mol. The van der Waals surface area contributed by atoms with Gasteiger partial charge in [0.2, 0.25) is 5.91 Å². The summed E-state index contributed by atoms with van der Waals surface area (Å²) in [7, 11) is 2.15. The highest BCUT2D eigenvalue weighted by molar-refractivity contribution is 5.99. The van der Waals surface area contributed by atoms with Crippen LogP contribution in [0.25, 0.3) is 16.5 Å². The molecule has 2 N–H and O–H groups in total. The molecule has 42 heavy (non-hydrogen) atoms. The van der Waals surface area contributed by atoms with Gasteiger partial charge in [0, 0.05) is 42.8 Å². The first kappa shape index (κ1) is 31.4. The fraction of sp³-hybridized carbons (Fsp3) is 0.486. The number of para-hydroxylation sites is 1. The summed E-state index contributed by atoms with van der Waals surface area (Å²) in [6.45, 7) is 11.2. The third-order valence-electron chi connectivity index (χ3n) is 8.78. The number of esters is 1. The lowest BCUT2D eigenvalue weighted by molar-refractivity contribution is -0.134. The standard InChI is InChI=1S/C20H25N3O.C15H22O3/c1-4-23(5-2)20(24)14-9-16-15-7-6-8-17-19(15)13(11-21-17)10-18(16)22(3)12-14;1-3-5-8-12(4-2)11-18-15(17)13-9-6-7-10-14(13)16/h6-9,11,14,18,21H,4-5,10,12H2,1-3H3;6-7,9-10,12,16H,3-5,8,11H2,1-2H3/t14-,18-;/m1./s1. The van der Waals surface area contributed by atoms with Crippen LogP contribution in [-0.4, -0.2) is 71.1 Å². The van der Waals surface area contributed by atoms with E-state index in [1.807, 2.05) is 4.90 Å². The van der Waals surface area contributed by atoms with E-state index in [9.17, 15) is 14.7 Å². The maximum absolute atomic E-state index is 12.9. The van der Waals surface area contributed by atoms with Crippen molar-refractivity contribution in [1.29, 1.82) is 0 Å². The van der Waals surface area contributed by atoms with Crippen molar-refractivity contribution >= 4 is 28.4 Å². The lowest BCUT2D eigenvalue weighted by Gasteiger charge is -2.40. The van der Waals surface area contributed by atoms with Crippen LogP contribution in [0.15, 0.2) is 54.7 Å². The number of nitrogens with zero attached hydrogens (tertiary/aromatic N) is 2. The zero-order valence-corrected chi connectivity index (χ0v) is 25.9. The van der Waals surface area contributed by atoms with Crippen LogP contribution < -0.4 is 0 Å². The van der Waals surface area contributed by atoms with Crippen molar-refractivity contribution in [3.8, 4) is 5.75 Å². The number of aromatic hydroxyl groups is 1. The SMILES string of the molecule is CCCCC(CC)COC(=O)c1ccccc1O.CCN(CC)C(=O)[C@@H]1C=C2c3cccc4[nH]cc(c34)C[C@H]2N(C)C1. The van der Waals surface area contributed by atoms with Crippen molar-refractivity contribution in [2.45, 2.75) is 65.8 Å². The third-order valence-corrected chi connectivity index (χ3v) is 8.78. The Labute approximate surface area is 250 Å². The van der Waals surface area contributed by atoms with E-state index in [0.717, 1.165) is 51.7 Å². The zero-order valence-electron chi connectivity index (χ0n) is 25.9. The number of rotatable bonds is 10. The Kier molecular flexibility index (Phi) is 10.9. The van der Waals surface area contributed by atoms with Crippen molar-refractivity contribution in [2.24, 2.45) is 11.8 Å². The van der Waals surface area contributed by atoms with Crippen molar-refractivity contribution in [2.75, 3.05) is 33.3 Å². The smallest absolute Gasteiger partial charge is 0.341 e. The summed E-state index contributed by atoms with van der Waals surface area (Å²) in [6, 6.07) is 13.3. The number of amides is 1. The first-order valence-corrected chi connectivity index (χ1v) is 15.6. The minimum Gasteiger partial charge on any atom is -0.507 e. The Bertz CT molecular complexity index is 1390. The second-order valence-electron chi connectivity index (χ2n) is 11.5. The number of fused-ring (bicyclic) bond motifs is 2. The molecule has 226 valence electrons. The quantitative estimate of drug-likeness (QED) is 0.265. The number of H-pyrrole nitrogens is 1. The van der Waals surface area contributed by atoms with Gasteiger partial charge in [0.1, 0.15) is 11.3 Å². The molecule has 0 saturated carbocycles. The van der Waals surface area contributed by atoms with Crippen LogP contribution in [-0.2, 0) is 16.0 Å². The van der Waals surface area contributed by atoms with E-state index in [0.29, 0.717) is 18.6 Å². The molecule has 0 saturated heterocycles. The molecule has 1 unspecified atom stereocenters. The van der Waals surface area contributed by atoms with Crippen molar-refractivity contribution < 1.29 is 19.4 Å². The van der Waals surface area contributed by atoms with E-state index in [2.05, 4.69) is 75.1 Å². The highest BCUT2D eigenvalue weighted by Gasteiger charge is 2.36. The highest BCUT2D eigenvalue weighted by Crippen LogP contribution is 2.41. The second kappa shape index (κ2) is 14.5. The molecule has 2 aromatic carbocycles. The molecule has 7 nitrogen and oxygen atoms in total. The number of phenols is 1. The van der Waals surface area contributed by atoms with Crippen molar-refractivity contribution in [1.82, 2.24) is 14.8 Å². The van der Waals surface area contributed by atoms with E-state index < -0.39 is 5.97 Å². The fourth-order valence-corrected chi connectivity index (χ4v) is 6.19. The Hall–Kier alpha value is -3.58. The average Bonchev–Trinajstić information content (AvgIpc) is 3.42. The first-order valence-electron chi connectivity index (χ1n) is 15.6. The molecule has 3 atom stereocenters. The predicted octanol–water partition coefficient (Wildman–Crippen LogP) is 6.67. The number of carbonyl (C=O) groups is 2. The Morgan fingerprint density at radius 3 is 2.55 bits per heavy atom. The maximum atomic E-state index is 12.9. The minimum absolute atomic E-state index is 0.0240. The van der Waals surface area contributed by atoms with Crippen LogP contribution in [0.3, 0.4) is 0 Å². The van der Waals surface area contributed by atoms with Crippen LogP contribution in [0.5, 0.6) is 5.75 Å². The van der Waals surface area contributed by atoms with Gasteiger partial charge >= 0.3 is 5.97 Å². The molecule has 1 aliphatic carbocycles. The van der Waals surface area contributed by atoms with Crippen LogP contribution in [0.1, 0.15) is 74.9 Å². The lowest BCUT2D eigenvalue weighted by atomic mass is 9.79. The molecule has 0 bridgehead atoms. The van der Waals surface area contributed by atoms with Crippen molar-refractivity contribution in [3.63, 3.8) is 0 Å². The van der Waals surface area contributed by atoms with E-state index in [1.54, 1.807) is 18.2 Å². The van der Waals surface area contributed by atoms with Crippen molar-refractivity contribution in [3.05, 3.63) is 71.4 Å². The van der Waals surface area contributed by atoms with Gasteiger partial charge in [0.15, 0.2) is 0 Å². The number of hydrogen-bond donors (Lipinski definition) is 2. The molecule has 0 fully saturated rings. The number of phenolic OH excluding ortho intramolecular Hbond substituents is 1. The Morgan fingerprint density at radius 2 is 1.86 bits per heavy atom. The average molecular weight is 574 g/mol. The molecule has 1 aromatic heterocycles. The lowest BCUT2D eigenvalue weighted by Crippen LogP contribution is -2.47. The molecule has 0 spiro atoms. The molecule has 0 radical (unpaired) electrons. The number of likely N-dealkylation sites (N-methyl/N-ethyl adjacent to an activating group) is 1. The molecular weight excluding hydrogens is 526 g/mol. The van der Waals surface area contributed by atoms with Crippen LogP contribution in [0.4, 0.5) is 0 Å². The van der Waals surface area contributed by atoms with Crippen LogP contribution in [0, 0.1) is 11.8 Å². The predicted molar refractivity (Wildman–Crippen MR) is 170 cm³/mol.